The van der Waals surface area contributed by atoms with Crippen molar-refractivity contribution in [2.24, 2.45) is 0 Å². The zero-order valence-corrected chi connectivity index (χ0v) is 16.0. The molecule has 1 heterocycles. The number of nitrogens with zero attached hydrogens (tertiary/aromatic N) is 2. The van der Waals surface area contributed by atoms with Gasteiger partial charge in [0.15, 0.2) is 0 Å². The SMILES string of the molecule is COc1ccc(CN(CCC(=O)Nc2cccc3cccnc23)C(C)=O)cc1. The van der Waals surface area contributed by atoms with Gasteiger partial charge in [-0.25, -0.2) is 0 Å². The molecule has 6 heteroatoms. The Morgan fingerprint density at radius 2 is 1.82 bits per heavy atom. The van der Waals surface area contributed by atoms with E-state index < -0.39 is 0 Å². The molecule has 0 aliphatic rings. The number of carbonyl (C=O) groups is 2. The van der Waals surface area contributed by atoms with E-state index in [2.05, 4.69) is 10.3 Å². The number of anilines is 1. The summed E-state index contributed by atoms with van der Waals surface area (Å²) >= 11 is 0. The lowest BCUT2D eigenvalue weighted by Crippen LogP contribution is -2.31. The van der Waals surface area contributed by atoms with Crippen LogP contribution in [0.1, 0.15) is 18.9 Å². The standard InChI is InChI=1S/C22H23N3O3/c1-16(26)25(15-17-8-10-19(28-2)11-9-17)14-12-21(27)24-20-7-3-5-18-6-4-13-23-22(18)20/h3-11,13H,12,14-15H2,1-2H3,(H,24,27). The smallest absolute Gasteiger partial charge is 0.226 e. The van der Waals surface area contributed by atoms with E-state index in [1.54, 1.807) is 18.2 Å². The summed E-state index contributed by atoms with van der Waals surface area (Å²) in [5.41, 5.74) is 2.40. The van der Waals surface area contributed by atoms with Gasteiger partial charge < -0.3 is 15.0 Å². The highest BCUT2D eigenvalue weighted by atomic mass is 16.5. The van der Waals surface area contributed by atoms with E-state index in [-0.39, 0.29) is 18.2 Å². The highest BCUT2D eigenvalue weighted by molar-refractivity contribution is 6.00. The largest absolute Gasteiger partial charge is 0.497 e. The van der Waals surface area contributed by atoms with Crippen LogP contribution in [0, 0.1) is 0 Å². The van der Waals surface area contributed by atoms with Crippen molar-refractivity contribution in [3.63, 3.8) is 0 Å². The number of para-hydroxylation sites is 1. The van der Waals surface area contributed by atoms with Crippen molar-refractivity contribution in [3.05, 3.63) is 66.4 Å². The summed E-state index contributed by atoms with van der Waals surface area (Å²) in [6, 6.07) is 17.0. The molecule has 144 valence electrons. The maximum atomic E-state index is 12.4. The van der Waals surface area contributed by atoms with Crippen molar-refractivity contribution in [1.82, 2.24) is 9.88 Å². The van der Waals surface area contributed by atoms with E-state index in [9.17, 15) is 9.59 Å². The molecule has 0 spiro atoms. The molecule has 28 heavy (non-hydrogen) atoms. The van der Waals surface area contributed by atoms with Gasteiger partial charge in [-0.2, -0.15) is 0 Å². The molecule has 0 bridgehead atoms. The van der Waals surface area contributed by atoms with Gasteiger partial charge >= 0.3 is 0 Å². The summed E-state index contributed by atoms with van der Waals surface area (Å²) < 4.78 is 5.15. The minimum atomic E-state index is -0.154. The highest BCUT2D eigenvalue weighted by Gasteiger charge is 2.13. The van der Waals surface area contributed by atoms with Crippen molar-refractivity contribution in [1.29, 1.82) is 0 Å². The molecule has 0 atom stereocenters. The van der Waals surface area contributed by atoms with E-state index in [1.807, 2.05) is 54.6 Å². The molecule has 0 unspecified atom stereocenters. The third-order valence-corrected chi connectivity index (χ3v) is 4.49. The molecule has 3 rings (SSSR count). The van der Waals surface area contributed by atoms with Crippen LogP contribution in [0.25, 0.3) is 10.9 Å². The summed E-state index contributed by atoms with van der Waals surface area (Å²) in [6.07, 6.45) is 1.91. The van der Waals surface area contributed by atoms with Gasteiger partial charge in [0.1, 0.15) is 5.75 Å². The predicted molar refractivity (Wildman–Crippen MR) is 109 cm³/mol. The van der Waals surface area contributed by atoms with Gasteiger partial charge in [-0.3, -0.25) is 14.6 Å². The molecule has 2 aromatic carbocycles. The topological polar surface area (TPSA) is 71.5 Å². The Bertz CT molecular complexity index is 965. The van der Waals surface area contributed by atoms with Crippen LogP contribution in [0.2, 0.25) is 0 Å². The molecule has 0 fully saturated rings. The molecular formula is C22H23N3O3. The number of nitrogens with one attached hydrogen (secondary N) is 1. The van der Waals surface area contributed by atoms with Gasteiger partial charge in [0, 0.05) is 38.0 Å². The van der Waals surface area contributed by atoms with Crippen molar-refractivity contribution in [2.75, 3.05) is 19.0 Å². The second-order valence-electron chi connectivity index (χ2n) is 6.47. The number of pyridine rings is 1. The minimum absolute atomic E-state index is 0.0737. The van der Waals surface area contributed by atoms with Gasteiger partial charge in [-0.1, -0.05) is 30.3 Å². The number of amides is 2. The normalized spacial score (nSPS) is 10.5. The van der Waals surface area contributed by atoms with Gasteiger partial charge in [0.25, 0.3) is 0 Å². The third-order valence-electron chi connectivity index (χ3n) is 4.49. The van der Waals surface area contributed by atoms with Crippen LogP contribution in [0.3, 0.4) is 0 Å². The lowest BCUT2D eigenvalue weighted by atomic mass is 10.2. The number of ether oxygens (including phenoxy) is 1. The first-order valence-corrected chi connectivity index (χ1v) is 9.09. The summed E-state index contributed by atoms with van der Waals surface area (Å²) in [6.45, 7) is 2.30. The molecule has 0 aliphatic heterocycles. The highest BCUT2D eigenvalue weighted by Crippen LogP contribution is 2.21. The average Bonchev–Trinajstić information content (AvgIpc) is 2.71. The molecule has 0 saturated carbocycles. The second kappa shape index (κ2) is 8.99. The van der Waals surface area contributed by atoms with Crippen molar-refractivity contribution >= 4 is 28.4 Å². The van der Waals surface area contributed by atoms with Gasteiger partial charge in [0.2, 0.25) is 11.8 Å². The Balaban J connectivity index is 1.61. The van der Waals surface area contributed by atoms with E-state index in [1.165, 1.54) is 6.92 Å². The first-order valence-electron chi connectivity index (χ1n) is 9.09. The fourth-order valence-electron chi connectivity index (χ4n) is 2.95. The number of benzene rings is 2. The molecule has 1 aromatic heterocycles. The van der Waals surface area contributed by atoms with E-state index in [0.717, 1.165) is 22.2 Å². The summed E-state index contributed by atoms with van der Waals surface area (Å²) in [7, 11) is 1.61. The van der Waals surface area contributed by atoms with Crippen molar-refractivity contribution < 1.29 is 14.3 Å². The number of fused-ring (bicyclic) bond motifs is 1. The van der Waals surface area contributed by atoms with Crippen LogP contribution in [0.5, 0.6) is 5.75 Å². The molecule has 0 saturated heterocycles. The van der Waals surface area contributed by atoms with E-state index >= 15 is 0 Å². The quantitative estimate of drug-likeness (QED) is 0.683. The summed E-state index contributed by atoms with van der Waals surface area (Å²) in [5.74, 6) is 0.538. The Labute approximate surface area is 164 Å². The van der Waals surface area contributed by atoms with E-state index in [0.29, 0.717) is 18.8 Å². The molecule has 1 N–H and O–H groups in total. The van der Waals surface area contributed by atoms with Gasteiger partial charge in [-0.15, -0.1) is 0 Å². The summed E-state index contributed by atoms with van der Waals surface area (Å²) in [5, 5.41) is 3.87. The zero-order valence-electron chi connectivity index (χ0n) is 16.0. The zero-order chi connectivity index (χ0) is 19.9. The van der Waals surface area contributed by atoms with Crippen LogP contribution in [-0.4, -0.2) is 35.4 Å². The van der Waals surface area contributed by atoms with Crippen LogP contribution in [0.4, 0.5) is 5.69 Å². The fraction of sp³-hybridized carbons (Fsp3) is 0.227. The van der Waals surface area contributed by atoms with Crippen LogP contribution in [0.15, 0.2) is 60.8 Å². The van der Waals surface area contributed by atoms with Gasteiger partial charge in [0.05, 0.1) is 18.3 Å². The number of methoxy groups -OCH3 is 1. The second-order valence-corrected chi connectivity index (χ2v) is 6.47. The number of hydrogen-bond acceptors (Lipinski definition) is 4. The van der Waals surface area contributed by atoms with Crippen molar-refractivity contribution in [3.8, 4) is 5.75 Å². The van der Waals surface area contributed by atoms with Crippen LogP contribution >= 0.6 is 0 Å². The first kappa shape index (κ1) is 19.4. The van der Waals surface area contributed by atoms with E-state index in [4.69, 9.17) is 4.74 Å². The Morgan fingerprint density at radius 3 is 2.54 bits per heavy atom. The molecule has 2 amide bonds. The molecule has 3 aromatic rings. The fourth-order valence-corrected chi connectivity index (χ4v) is 2.95. The minimum Gasteiger partial charge on any atom is -0.497 e. The number of hydrogen-bond donors (Lipinski definition) is 1. The first-order chi connectivity index (χ1) is 13.6. The number of carbonyl (C=O) groups excluding carboxylic acids is 2. The average molecular weight is 377 g/mol. The van der Waals surface area contributed by atoms with Crippen molar-refractivity contribution in [2.45, 2.75) is 19.9 Å². The molecule has 0 radical (unpaired) electrons. The van der Waals surface area contributed by atoms with Gasteiger partial charge in [-0.05, 0) is 29.8 Å². The lowest BCUT2D eigenvalue weighted by molar-refractivity contribution is -0.129. The maximum Gasteiger partial charge on any atom is 0.226 e. The Morgan fingerprint density at radius 1 is 1.07 bits per heavy atom. The van der Waals surface area contributed by atoms with Crippen LogP contribution < -0.4 is 10.1 Å². The number of aromatic nitrogens is 1. The monoisotopic (exact) mass is 377 g/mol. The molecule has 6 nitrogen and oxygen atoms in total. The Kier molecular flexibility index (Phi) is 6.22. The van der Waals surface area contributed by atoms with Crippen LogP contribution in [-0.2, 0) is 16.1 Å². The maximum absolute atomic E-state index is 12.4. The predicted octanol–water partition coefficient (Wildman–Crippen LogP) is 3.62. The third kappa shape index (κ3) is 4.85. The molecular weight excluding hydrogens is 354 g/mol. The Hall–Kier alpha value is -3.41. The molecule has 0 aliphatic carbocycles. The number of rotatable bonds is 7. The lowest BCUT2D eigenvalue weighted by Gasteiger charge is -2.21. The summed E-state index contributed by atoms with van der Waals surface area (Å²) in [4.78, 5) is 30.4.